The highest BCUT2D eigenvalue weighted by Gasteiger charge is 2.33. The highest BCUT2D eigenvalue weighted by atomic mass is 19.4. The van der Waals surface area contributed by atoms with Crippen LogP contribution in [0.4, 0.5) is 18.9 Å². The van der Waals surface area contributed by atoms with Crippen LogP contribution in [0.2, 0.25) is 0 Å². The number of hydrogen-bond donors (Lipinski definition) is 0. The Balaban J connectivity index is 1.77. The number of nitrogens with zero attached hydrogens (tertiary/aromatic N) is 2. The summed E-state index contributed by atoms with van der Waals surface area (Å²) < 4.78 is 49.4. The molecule has 146 valence electrons. The minimum Gasteiger partial charge on any atom is -0.459 e. The molecule has 0 aliphatic heterocycles. The first-order valence-corrected chi connectivity index (χ1v) is 7.75. The zero-order valence-electron chi connectivity index (χ0n) is 13.9. The highest BCUT2D eigenvalue weighted by Crippen LogP contribution is 2.32. The SMILES string of the molecule is O=C(Cn1c(=O)oc2cc([N+](=O)[O-])ccc21)OCc1ccccc1C(F)(F)F. The number of nitro groups is 1. The number of carbonyl (C=O) groups excluding carboxylic acids is 1. The average molecular weight is 396 g/mol. The third-order valence-corrected chi connectivity index (χ3v) is 3.86. The highest BCUT2D eigenvalue weighted by molar-refractivity contribution is 5.78. The van der Waals surface area contributed by atoms with Crippen molar-refractivity contribution in [1.29, 1.82) is 0 Å². The minimum absolute atomic E-state index is 0.102. The fraction of sp³-hybridized carbons (Fsp3) is 0.176. The van der Waals surface area contributed by atoms with Crippen molar-refractivity contribution < 1.29 is 32.0 Å². The normalized spacial score (nSPS) is 11.5. The van der Waals surface area contributed by atoms with Crippen LogP contribution in [0.1, 0.15) is 11.1 Å². The molecule has 28 heavy (non-hydrogen) atoms. The molecule has 0 bridgehead atoms. The van der Waals surface area contributed by atoms with E-state index in [0.717, 1.165) is 22.8 Å². The molecule has 3 aromatic rings. The van der Waals surface area contributed by atoms with Crippen molar-refractivity contribution in [1.82, 2.24) is 4.57 Å². The second kappa shape index (κ2) is 7.18. The maximum Gasteiger partial charge on any atom is 0.420 e. The van der Waals surface area contributed by atoms with Gasteiger partial charge in [-0.1, -0.05) is 18.2 Å². The van der Waals surface area contributed by atoms with Gasteiger partial charge < -0.3 is 9.15 Å². The van der Waals surface area contributed by atoms with Crippen molar-refractivity contribution in [2.75, 3.05) is 0 Å². The number of halogens is 3. The molecule has 8 nitrogen and oxygen atoms in total. The summed E-state index contributed by atoms with van der Waals surface area (Å²) in [6.07, 6.45) is -4.60. The van der Waals surface area contributed by atoms with Gasteiger partial charge in [0.2, 0.25) is 0 Å². The number of ether oxygens (including phenoxy) is 1. The molecule has 0 N–H and O–H groups in total. The fourth-order valence-electron chi connectivity index (χ4n) is 2.57. The lowest BCUT2D eigenvalue weighted by Gasteiger charge is -2.12. The molecule has 0 fully saturated rings. The lowest BCUT2D eigenvalue weighted by Crippen LogP contribution is -2.22. The molecule has 0 aliphatic carbocycles. The van der Waals surface area contributed by atoms with E-state index < -0.39 is 41.5 Å². The Labute approximate surface area is 153 Å². The maximum absolute atomic E-state index is 12.9. The van der Waals surface area contributed by atoms with Gasteiger partial charge in [-0.15, -0.1) is 0 Å². The van der Waals surface area contributed by atoms with Gasteiger partial charge in [0, 0.05) is 11.6 Å². The molecule has 0 unspecified atom stereocenters. The van der Waals surface area contributed by atoms with Crippen LogP contribution < -0.4 is 5.76 Å². The van der Waals surface area contributed by atoms with Gasteiger partial charge in [-0.2, -0.15) is 13.2 Å². The van der Waals surface area contributed by atoms with Gasteiger partial charge in [0.25, 0.3) is 5.69 Å². The lowest BCUT2D eigenvalue weighted by molar-refractivity contribution is -0.384. The Bertz CT molecular complexity index is 1120. The molecule has 11 heteroatoms. The van der Waals surface area contributed by atoms with Gasteiger partial charge in [-0.25, -0.2) is 4.79 Å². The van der Waals surface area contributed by atoms with Crippen LogP contribution in [0, 0.1) is 10.1 Å². The van der Waals surface area contributed by atoms with Crippen LogP contribution in [-0.4, -0.2) is 15.5 Å². The second-order valence-corrected chi connectivity index (χ2v) is 5.68. The number of fused-ring (bicyclic) bond motifs is 1. The molecule has 0 spiro atoms. The van der Waals surface area contributed by atoms with Crippen molar-refractivity contribution >= 4 is 22.8 Å². The van der Waals surface area contributed by atoms with E-state index in [9.17, 15) is 32.9 Å². The van der Waals surface area contributed by atoms with E-state index in [4.69, 9.17) is 9.15 Å². The lowest BCUT2D eigenvalue weighted by atomic mass is 10.1. The minimum atomic E-state index is -4.60. The van der Waals surface area contributed by atoms with Crippen LogP contribution in [-0.2, 0) is 28.9 Å². The van der Waals surface area contributed by atoms with Crippen molar-refractivity contribution in [3.63, 3.8) is 0 Å². The summed E-state index contributed by atoms with van der Waals surface area (Å²) in [6, 6.07) is 8.00. The van der Waals surface area contributed by atoms with Gasteiger partial charge in [0.1, 0.15) is 13.2 Å². The molecule has 0 amide bonds. The van der Waals surface area contributed by atoms with E-state index in [1.807, 2.05) is 0 Å². The molecule has 0 aliphatic rings. The third kappa shape index (κ3) is 3.87. The van der Waals surface area contributed by atoms with E-state index >= 15 is 0 Å². The van der Waals surface area contributed by atoms with E-state index in [1.165, 1.54) is 24.3 Å². The molecule has 0 atom stereocenters. The average Bonchev–Trinajstić information content (AvgIpc) is 2.94. The molecule has 0 radical (unpaired) electrons. The molecule has 3 rings (SSSR count). The molecule has 2 aromatic carbocycles. The van der Waals surface area contributed by atoms with Gasteiger partial charge >= 0.3 is 17.9 Å². The summed E-state index contributed by atoms with van der Waals surface area (Å²) in [5, 5.41) is 10.8. The quantitative estimate of drug-likeness (QED) is 0.372. The van der Waals surface area contributed by atoms with E-state index in [0.29, 0.717) is 0 Å². The predicted octanol–water partition coefficient (Wildman–Crippen LogP) is 3.26. The number of hydrogen-bond acceptors (Lipinski definition) is 6. The van der Waals surface area contributed by atoms with Crippen LogP contribution in [0.25, 0.3) is 11.1 Å². The smallest absolute Gasteiger partial charge is 0.420 e. The molecule has 1 aromatic heterocycles. The Morgan fingerprint density at radius 1 is 1.21 bits per heavy atom. The summed E-state index contributed by atoms with van der Waals surface area (Å²) in [5.41, 5.74) is -1.46. The van der Waals surface area contributed by atoms with Crippen molar-refractivity contribution in [3.8, 4) is 0 Å². The third-order valence-electron chi connectivity index (χ3n) is 3.86. The van der Waals surface area contributed by atoms with Gasteiger partial charge in [-0.05, 0) is 12.1 Å². The first-order valence-electron chi connectivity index (χ1n) is 7.75. The summed E-state index contributed by atoms with van der Waals surface area (Å²) in [5.74, 6) is -1.93. The summed E-state index contributed by atoms with van der Waals surface area (Å²) in [6.45, 7) is -1.26. The van der Waals surface area contributed by atoms with Gasteiger partial charge in [-0.3, -0.25) is 19.5 Å². The van der Waals surface area contributed by atoms with Crippen molar-refractivity contribution in [3.05, 3.63) is 74.3 Å². The number of non-ortho nitro benzene ring substituents is 1. The summed E-state index contributed by atoms with van der Waals surface area (Å²) >= 11 is 0. The molecule has 0 saturated heterocycles. The molecular formula is C17H11F3N2O6. The molecule has 0 saturated carbocycles. The number of nitro benzene ring substituents is 1. The molecular weight excluding hydrogens is 385 g/mol. The van der Waals surface area contributed by atoms with Crippen molar-refractivity contribution in [2.45, 2.75) is 19.3 Å². The topological polar surface area (TPSA) is 105 Å². The zero-order valence-corrected chi connectivity index (χ0v) is 13.9. The number of carbonyl (C=O) groups is 1. The second-order valence-electron chi connectivity index (χ2n) is 5.68. The number of esters is 1. The van der Waals surface area contributed by atoms with Gasteiger partial charge in [0.05, 0.1) is 22.1 Å². The Kier molecular flexibility index (Phi) is 4.91. The van der Waals surface area contributed by atoms with E-state index in [2.05, 4.69) is 0 Å². The van der Waals surface area contributed by atoms with Gasteiger partial charge in [0.15, 0.2) is 5.58 Å². The van der Waals surface area contributed by atoms with E-state index in [-0.39, 0.29) is 22.4 Å². The first-order chi connectivity index (χ1) is 13.2. The number of oxazole rings is 1. The Morgan fingerprint density at radius 2 is 1.93 bits per heavy atom. The predicted molar refractivity (Wildman–Crippen MR) is 88.4 cm³/mol. The van der Waals surface area contributed by atoms with Crippen LogP contribution >= 0.6 is 0 Å². The molecule has 1 heterocycles. The number of rotatable bonds is 5. The largest absolute Gasteiger partial charge is 0.459 e. The maximum atomic E-state index is 12.9. The van der Waals surface area contributed by atoms with Crippen LogP contribution in [0.5, 0.6) is 0 Å². The van der Waals surface area contributed by atoms with Crippen LogP contribution in [0.15, 0.2) is 51.7 Å². The fourth-order valence-corrected chi connectivity index (χ4v) is 2.57. The summed E-state index contributed by atoms with van der Waals surface area (Å²) in [4.78, 5) is 34.0. The zero-order chi connectivity index (χ0) is 20.5. The standard InChI is InChI=1S/C17H11F3N2O6/c18-17(19,20)12-4-2-1-3-10(12)9-27-15(23)8-21-13-6-5-11(22(25)26)7-14(13)28-16(21)24/h1-7H,8-9H2. The van der Waals surface area contributed by atoms with Crippen LogP contribution in [0.3, 0.4) is 0 Å². The first kappa shape index (κ1) is 19.1. The Hall–Kier alpha value is -3.63. The number of benzene rings is 2. The van der Waals surface area contributed by atoms with Crippen molar-refractivity contribution in [2.24, 2.45) is 0 Å². The monoisotopic (exact) mass is 396 g/mol. The number of alkyl halides is 3. The summed E-state index contributed by atoms with van der Waals surface area (Å²) in [7, 11) is 0. The Morgan fingerprint density at radius 3 is 2.61 bits per heavy atom. The van der Waals surface area contributed by atoms with E-state index in [1.54, 1.807) is 0 Å². The number of aromatic nitrogens is 1.